The van der Waals surface area contributed by atoms with Crippen LogP contribution in [0, 0.1) is 5.92 Å². The zero-order valence-electron chi connectivity index (χ0n) is 18.0. The second-order valence-corrected chi connectivity index (χ2v) is 7.84. The summed E-state index contributed by atoms with van der Waals surface area (Å²) in [5, 5.41) is 6.67. The highest BCUT2D eigenvalue weighted by atomic mass is 16.2. The maximum absolute atomic E-state index is 13.1. The maximum Gasteiger partial charge on any atom is 0.252 e. The number of aromatic nitrogens is 2. The Hall–Kier alpha value is -4.06. The minimum atomic E-state index is -0.189. The van der Waals surface area contributed by atoms with Crippen molar-refractivity contribution in [2.24, 2.45) is 5.92 Å². The van der Waals surface area contributed by atoms with Gasteiger partial charge in [0.2, 0.25) is 5.91 Å². The van der Waals surface area contributed by atoms with E-state index >= 15 is 0 Å². The first-order chi connectivity index (χ1) is 15.5. The summed E-state index contributed by atoms with van der Waals surface area (Å²) >= 11 is 0. The van der Waals surface area contributed by atoms with Crippen molar-refractivity contribution in [3.8, 4) is 11.3 Å². The SMILES string of the molecule is CC(C)C(=O)Nc1cccc(CNC(=O)c2cc(-c3cccnc3)nc3ccccc23)c1. The third-order valence-corrected chi connectivity index (χ3v) is 5.09. The predicted molar refractivity (Wildman–Crippen MR) is 126 cm³/mol. The summed E-state index contributed by atoms with van der Waals surface area (Å²) in [6.07, 6.45) is 3.44. The molecular weight excluding hydrogens is 400 g/mol. The van der Waals surface area contributed by atoms with Crippen LogP contribution in [0.25, 0.3) is 22.2 Å². The molecule has 0 spiro atoms. The van der Waals surface area contributed by atoms with Crippen molar-refractivity contribution in [3.05, 3.63) is 90.3 Å². The molecule has 0 saturated carbocycles. The lowest BCUT2D eigenvalue weighted by Gasteiger charge is -2.12. The van der Waals surface area contributed by atoms with Crippen LogP contribution in [0.4, 0.5) is 5.69 Å². The van der Waals surface area contributed by atoms with E-state index in [0.717, 1.165) is 22.0 Å². The number of carbonyl (C=O) groups excluding carboxylic acids is 2. The Bertz CT molecular complexity index is 1270. The number of rotatable bonds is 6. The van der Waals surface area contributed by atoms with Gasteiger partial charge in [-0.15, -0.1) is 0 Å². The smallest absolute Gasteiger partial charge is 0.252 e. The Kier molecular flexibility index (Phi) is 6.22. The average molecular weight is 425 g/mol. The van der Waals surface area contributed by atoms with E-state index in [1.165, 1.54) is 0 Å². The summed E-state index contributed by atoms with van der Waals surface area (Å²) in [6.45, 7) is 4.03. The van der Waals surface area contributed by atoms with Gasteiger partial charge < -0.3 is 10.6 Å². The molecule has 2 aromatic carbocycles. The normalized spacial score (nSPS) is 10.8. The first-order valence-electron chi connectivity index (χ1n) is 10.5. The van der Waals surface area contributed by atoms with Gasteiger partial charge >= 0.3 is 0 Å². The molecule has 32 heavy (non-hydrogen) atoms. The molecule has 0 fully saturated rings. The number of pyridine rings is 2. The molecule has 0 unspecified atom stereocenters. The Morgan fingerprint density at radius 2 is 1.81 bits per heavy atom. The standard InChI is InChI=1S/C26H24N4O2/c1-17(2)25(31)29-20-9-5-7-18(13-20)15-28-26(32)22-14-24(19-8-6-12-27-16-19)30-23-11-4-3-10-21(22)23/h3-14,16-17H,15H2,1-2H3,(H,28,32)(H,29,31). The molecule has 0 aliphatic heterocycles. The van der Waals surface area contributed by atoms with Gasteiger partial charge in [0.25, 0.3) is 5.91 Å². The molecule has 2 N–H and O–H groups in total. The first-order valence-corrected chi connectivity index (χ1v) is 10.5. The van der Waals surface area contributed by atoms with E-state index in [-0.39, 0.29) is 17.7 Å². The Morgan fingerprint density at radius 1 is 0.969 bits per heavy atom. The highest BCUT2D eigenvalue weighted by Gasteiger charge is 2.14. The van der Waals surface area contributed by atoms with Crippen LogP contribution in [0.15, 0.2) is 79.1 Å². The first kappa shape index (κ1) is 21.2. The second kappa shape index (κ2) is 9.39. The minimum absolute atomic E-state index is 0.0441. The molecule has 4 aromatic rings. The number of benzene rings is 2. The molecule has 0 aliphatic rings. The van der Waals surface area contributed by atoms with Crippen LogP contribution in [0.2, 0.25) is 0 Å². The Balaban J connectivity index is 1.57. The largest absolute Gasteiger partial charge is 0.348 e. The van der Waals surface area contributed by atoms with E-state index in [1.807, 2.05) is 74.5 Å². The van der Waals surface area contributed by atoms with Crippen molar-refractivity contribution in [1.29, 1.82) is 0 Å². The van der Waals surface area contributed by atoms with Crippen LogP contribution >= 0.6 is 0 Å². The number of para-hydroxylation sites is 1. The molecular formula is C26H24N4O2. The highest BCUT2D eigenvalue weighted by molar-refractivity contribution is 6.07. The van der Waals surface area contributed by atoms with Crippen molar-refractivity contribution in [2.75, 3.05) is 5.32 Å². The monoisotopic (exact) mass is 424 g/mol. The lowest BCUT2D eigenvalue weighted by Crippen LogP contribution is -2.23. The summed E-state index contributed by atoms with van der Waals surface area (Å²) in [7, 11) is 0. The molecule has 0 atom stereocenters. The van der Waals surface area contributed by atoms with Gasteiger partial charge in [-0.25, -0.2) is 4.98 Å². The molecule has 2 aromatic heterocycles. The highest BCUT2D eigenvalue weighted by Crippen LogP contribution is 2.24. The van der Waals surface area contributed by atoms with Gasteiger partial charge in [-0.05, 0) is 42.0 Å². The number of hydrogen-bond donors (Lipinski definition) is 2. The molecule has 0 aliphatic carbocycles. The Morgan fingerprint density at radius 3 is 2.59 bits per heavy atom. The fourth-order valence-corrected chi connectivity index (χ4v) is 3.35. The third kappa shape index (κ3) is 4.81. The second-order valence-electron chi connectivity index (χ2n) is 7.84. The number of anilines is 1. The summed E-state index contributed by atoms with van der Waals surface area (Å²) in [5.41, 5.74) is 4.45. The molecule has 160 valence electrons. The molecule has 2 amide bonds. The summed E-state index contributed by atoms with van der Waals surface area (Å²) in [5.74, 6) is -0.338. The average Bonchev–Trinajstić information content (AvgIpc) is 2.82. The lowest BCUT2D eigenvalue weighted by atomic mass is 10.0. The van der Waals surface area contributed by atoms with Crippen LogP contribution in [-0.4, -0.2) is 21.8 Å². The fraction of sp³-hybridized carbons (Fsp3) is 0.154. The topological polar surface area (TPSA) is 84.0 Å². The van der Waals surface area contributed by atoms with Crippen LogP contribution in [-0.2, 0) is 11.3 Å². The quantitative estimate of drug-likeness (QED) is 0.465. The summed E-state index contributed by atoms with van der Waals surface area (Å²) in [4.78, 5) is 34.0. The molecule has 6 nitrogen and oxygen atoms in total. The summed E-state index contributed by atoms with van der Waals surface area (Å²) < 4.78 is 0. The van der Waals surface area contributed by atoms with Gasteiger partial charge in [-0.1, -0.05) is 44.2 Å². The van der Waals surface area contributed by atoms with Gasteiger partial charge in [0.1, 0.15) is 0 Å². The maximum atomic E-state index is 13.1. The molecule has 2 heterocycles. The van der Waals surface area contributed by atoms with Crippen molar-refractivity contribution in [1.82, 2.24) is 15.3 Å². The molecule has 0 saturated heterocycles. The van der Waals surface area contributed by atoms with Crippen molar-refractivity contribution in [2.45, 2.75) is 20.4 Å². The summed E-state index contributed by atoms with van der Waals surface area (Å²) in [6, 6.07) is 20.6. The predicted octanol–water partition coefficient (Wildman–Crippen LogP) is 4.82. The van der Waals surface area contributed by atoms with E-state index in [1.54, 1.807) is 18.5 Å². The number of fused-ring (bicyclic) bond motifs is 1. The van der Waals surface area contributed by atoms with E-state index in [0.29, 0.717) is 23.5 Å². The third-order valence-electron chi connectivity index (χ3n) is 5.09. The van der Waals surface area contributed by atoms with Crippen molar-refractivity contribution < 1.29 is 9.59 Å². The van der Waals surface area contributed by atoms with E-state index < -0.39 is 0 Å². The number of nitrogens with zero attached hydrogens (tertiary/aromatic N) is 2. The number of amides is 2. The van der Waals surface area contributed by atoms with Crippen LogP contribution in [0.1, 0.15) is 29.8 Å². The lowest BCUT2D eigenvalue weighted by molar-refractivity contribution is -0.118. The van der Waals surface area contributed by atoms with Gasteiger partial charge in [0.15, 0.2) is 0 Å². The molecule has 0 radical (unpaired) electrons. The minimum Gasteiger partial charge on any atom is -0.348 e. The number of carbonyl (C=O) groups is 2. The van der Waals surface area contributed by atoms with Crippen molar-refractivity contribution in [3.63, 3.8) is 0 Å². The van der Waals surface area contributed by atoms with Gasteiger partial charge in [0, 0.05) is 41.5 Å². The van der Waals surface area contributed by atoms with Gasteiger partial charge in [-0.3, -0.25) is 14.6 Å². The van der Waals surface area contributed by atoms with Crippen LogP contribution in [0.3, 0.4) is 0 Å². The fourth-order valence-electron chi connectivity index (χ4n) is 3.35. The van der Waals surface area contributed by atoms with Crippen LogP contribution in [0.5, 0.6) is 0 Å². The molecule has 6 heteroatoms. The van der Waals surface area contributed by atoms with E-state index in [4.69, 9.17) is 4.98 Å². The van der Waals surface area contributed by atoms with Gasteiger partial charge in [0.05, 0.1) is 16.8 Å². The van der Waals surface area contributed by atoms with E-state index in [9.17, 15) is 9.59 Å². The zero-order chi connectivity index (χ0) is 22.5. The van der Waals surface area contributed by atoms with Gasteiger partial charge in [-0.2, -0.15) is 0 Å². The molecule has 0 bridgehead atoms. The van der Waals surface area contributed by atoms with E-state index in [2.05, 4.69) is 15.6 Å². The molecule has 4 rings (SSSR count). The Labute approximate surface area is 186 Å². The van der Waals surface area contributed by atoms with Crippen LogP contribution < -0.4 is 10.6 Å². The van der Waals surface area contributed by atoms with Crippen molar-refractivity contribution >= 4 is 28.4 Å². The number of nitrogens with one attached hydrogen (secondary N) is 2. The number of hydrogen-bond acceptors (Lipinski definition) is 4. The zero-order valence-corrected chi connectivity index (χ0v) is 18.0.